The number of anilines is 1. The molecule has 3 aromatic rings. The van der Waals surface area contributed by atoms with Crippen molar-refractivity contribution >= 4 is 52.6 Å². The lowest BCUT2D eigenvalue weighted by molar-refractivity contribution is -0.274. The van der Waals surface area contributed by atoms with Gasteiger partial charge in [-0.1, -0.05) is 36.0 Å². The van der Waals surface area contributed by atoms with Gasteiger partial charge < -0.3 is 10.5 Å². The van der Waals surface area contributed by atoms with E-state index < -0.39 is 6.36 Å². The van der Waals surface area contributed by atoms with E-state index in [1.54, 1.807) is 48.9 Å². The van der Waals surface area contributed by atoms with Crippen LogP contribution in [0, 0.1) is 6.92 Å². The Balaban J connectivity index is 1.38. The van der Waals surface area contributed by atoms with Gasteiger partial charge in [0.25, 0.3) is 0 Å². The van der Waals surface area contributed by atoms with Crippen molar-refractivity contribution in [1.82, 2.24) is 4.98 Å². The van der Waals surface area contributed by atoms with E-state index in [2.05, 4.69) is 29.9 Å². The Labute approximate surface area is 219 Å². The van der Waals surface area contributed by atoms with Crippen LogP contribution in [-0.4, -0.2) is 46.6 Å². The number of nitrogens with two attached hydrogens (primary N) is 1. The predicted octanol–water partition coefficient (Wildman–Crippen LogP) is 4.82. The van der Waals surface area contributed by atoms with Gasteiger partial charge >= 0.3 is 6.36 Å². The average molecular weight is 540 g/mol. The number of carbonyl (C=O) groups is 1. The SMILES string of the molecule is Cc1cnccc1N1C(=O)CS/C1=N\N=C\c1ccc(C(N)=NC=Nc2ccc(OC(F)(F)F)cc2)cc1. The van der Waals surface area contributed by atoms with Crippen molar-refractivity contribution in [2.24, 2.45) is 25.9 Å². The molecule has 9 nitrogen and oxygen atoms in total. The van der Waals surface area contributed by atoms with Gasteiger partial charge in [0.15, 0.2) is 5.17 Å². The summed E-state index contributed by atoms with van der Waals surface area (Å²) in [5.41, 5.74) is 9.33. The molecule has 2 heterocycles. The first-order valence-corrected chi connectivity index (χ1v) is 12.0. The summed E-state index contributed by atoms with van der Waals surface area (Å²) >= 11 is 1.31. The van der Waals surface area contributed by atoms with Gasteiger partial charge in [0.05, 0.1) is 23.3 Å². The Bertz CT molecular complexity index is 1420. The highest BCUT2D eigenvalue weighted by atomic mass is 32.2. The Morgan fingerprint density at radius 3 is 2.55 bits per heavy atom. The lowest BCUT2D eigenvalue weighted by atomic mass is 10.1. The lowest BCUT2D eigenvalue weighted by Gasteiger charge is -2.16. The number of hydrogen-bond donors (Lipinski definition) is 1. The number of benzene rings is 2. The second kappa shape index (κ2) is 11.7. The second-order valence-electron chi connectivity index (χ2n) is 7.73. The summed E-state index contributed by atoms with van der Waals surface area (Å²) in [6.07, 6.45) is 1.31. The van der Waals surface area contributed by atoms with Crippen LogP contribution < -0.4 is 15.4 Å². The lowest BCUT2D eigenvalue weighted by Crippen LogP contribution is -2.29. The van der Waals surface area contributed by atoms with E-state index in [1.807, 2.05) is 6.92 Å². The summed E-state index contributed by atoms with van der Waals surface area (Å²) in [7, 11) is 0. The van der Waals surface area contributed by atoms with E-state index in [0.29, 0.717) is 16.4 Å². The fraction of sp³-hybridized carbons (Fsp3) is 0.120. The third-order valence-electron chi connectivity index (χ3n) is 5.03. The van der Waals surface area contributed by atoms with Crippen molar-refractivity contribution in [2.45, 2.75) is 13.3 Å². The summed E-state index contributed by atoms with van der Waals surface area (Å²) in [5, 5.41) is 8.83. The van der Waals surface area contributed by atoms with Crippen molar-refractivity contribution in [3.63, 3.8) is 0 Å². The molecule has 1 amide bonds. The summed E-state index contributed by atoms with van der Waals surface area (Å²) in [6.45, 7) is 1.87. The van der Waals surface area contributed by atoms with Gasteiger partial charge in [-0.3, -0.25) is 14.7 Å². The maximum Gasteiger partial charge on any atom is 0.573 e. The zero-order valence-electron chi connectivity index (χ0n) is 19.8. The number of aromatic nitrogens is 1. The smallest absolute Gasteiger partial charge is 0.406 e. The van der Waals surface area contributed by atoms with Crippen LogP contribution in [0.2, 0.25) is 0 Å². The topological polar surface area (TPSA) is 118 Å². The van der Waals surface area contributed by atoms with Crippen LogP contribution >= 0.6 is 11.8 Å². The first kappa shape index (κ1) is 26.5. The molecule has 0 aliphatic carbocycles. The quantitative estimate of drug-likeness (QED) is 0.262. The molecule has 194 valence electrons. The Morgan fingerprint density at radius 2 is 1.87 bits per heavy atom. The number of amides is 1. The van der Waals surface area contributed by atoms with Gasteiger partial charge in [-0.25, -0.2) is 9.98 Å². The fourth-order valence-electron chi connectivity index (χ4n) is 3.24. The number of aryl methyl sites for hydroxylation is 1. The molecule has 0 bridgehead atoms. The first-order chi connectivity index (χ1) is 18.2. The molecule has 2 aromatic carbocycles. The third kappa shape index (κ3) is 7.03. The molecular formula is C25H20F3N7O2S. The van der Waals surface area contributed by atoms with Crippen molar-refractivity contribution in [2.75, 3.05) is 10.7 Å². The molecule has 1 aliphatic rings. The van der Waals surface area contributed by atoms with Crippen LogP contribution in [0.1, 0.15) is 16.7 Å². The van der Waals surface area contributed by atoms with Crippen LogP contribution in [0.4, 0.5) is 24.5 Å². The molecule has 0 spiro atoms. The van der Waals surface area contributed by atoms with Gasteiger partial charge in [-0.05, 0) is 48.4 Å². The standard InChI is InChI=1S/C25H20F3N7O2S/c1-16-12-30-11-10-21(16)35-22(36)14-38-24(35)34-33-13-17-2-4-18(5-3-17)23(29)32-15-31-19-6-8-20(9-7-19)37-25(26,27)28/h2-13,15H,14H2,1H3,(H2,29,31,32)/b33-13+,34-24-. The molecule has 13 heteroatoms. The molecular weight excluding hydrogens is 519 g/mol. The minimum Gasteiger partial charge on any atom is -0.406 e. The highest BCUT2D eigenvalue weighted by Crippen LogP contribution is 2.29. The Hall–Kier alpha value is -4.52. The number of thioether (sulfide) groups is 1. The number of alkyl halides is 3. The number of aliphatic imine (C=N–C) groups is 2. The minimum atomic E-state index is -4.75. The Morgan fingerprint density at radius 1 is 1.13 bits per heavy atom. The summed E-state index contributed by atoms with van der Waals surface area (Å²) in [6, 6.07) is 13.8. The molecule has 4 rings (SSSR count). The van der Waals surface area contributed by atoms with E-state index >= 15 is 0 Å². The maximum atomic E-state index is 12.4. The fourth-order valence-corrected chi connectivity index (χ4v) is 4.06. The van der Waals surface area contributed by atoms with Crippen LogP contribution in [0.25, 0.3) is 0 Å². The minimum absolute atomic E-state index is 0.0756. The summed E-state index contributed by atoms with van der Waals surface area (Å²) in [5.74, 6) is 0.0584. The normalized spacial score (nSPS) is 15.8. The number of pyridine rings is 1. The highest BCUT2D eigenvalue weighted by Gasteiger charge is 2.31. The summed E-state index contributed by atoms with van der Waals surface area (Å²) < 4.78 is 40.5. The van der Waals surface area contributed by atoms with Crippen LogP contribution in [0.3, 0.4) is 0 Å². The van der Waals surface area contributed by atoms with Gasteiger partial charge in [-0.2, -0.15) is 5.10 Å². The number of rotatable bonds is 7. The predicted molar refractivity (Wildman–Crippen MR) is 142 cm³/mol. The van der Waals surface area contributed by atoms with Crippen molar-refractivity contribution < 1.29 is 22.7 Å². The molecule has 1 fully saturated rings. The molecule has 0 saturated carbocycles. The van der Waals surface area contributed by atoms with Gasteiger partial charge in [0, 0.05) is 18.0 Å². The molecule has 1 aliphatic heterocycles. The number of halogens is 3. The molecule has 2 N–H and O–H groups in total. The van der Waals surface area contributed by atoms with E-state index in [-0.39, 0.29) is 23.2 Å². The van der Waals surface area contributed by atoms with E-state index in [1.165, 1.54) is 35.1 Å². The third-order valence-corrected chi connectivity index (χ3v) is 5.94. The zero-order valence-corrected chi connectivity index (χ0v) is 20.6. The zero-order chi connectivity index (χ0) is 27.1. The van der Waals surface area contributed by atoms with Crippen molar-refractivity contribution in [1.29, 1.82) is 0 Å². The van der Waals surface area contributed by atoms with Crippen LogP contribution in [0.15, 0.2) is 87.2 Å². The van der Waals surface area contributed by atoms with Gasteiger partial charge in [-0.15, -0.1) is 18.3 Å². The number of nitrogens with zero attached hydrogens (tertiary/aromatic N) is 6. The van der Waals surface area contributed by atoms with Crippen LogP contribution in [-0.2, 0) is 4.79 Å². The molecule has 1 aromatic heterocycles. The van der Waals surface area contributed by atoms with Crippen molar-refractivity contribution in [3.05, 3.63) is 83.7 Å². The maximum absolute atomic E-state index is 12.4. The number of ether oxygens (including phenoxy) is 1. The molecule has 0 unspecified atom stereocenters. The monoisotopic (exact) mass is 539 g/mol. The number of amidine groups is 2. The average Bonchev–Trinajstić information content (AvgIpc) is 3.24. The number of hydrogen-bond acceptors (Lipinski definition) is 7. The van der Waals surface area contributed by atoms with E-state index in [4.69, 9.17) is 5.73 Å². The first-order valence-electron chi connectivity index (χ1n) is 11.0. The molecule has 1 saturated heterocycles. The summed E-state index contributed by atoms with van der Waals surface area (Å²) in [4.78, 5) is 26.1. The van der Waals surface area contributed by atoms with E-state index in [9.17, 15) is 18.0 Å². The molecule has 38 heavy (non-hydrogen) atoms. The number of carbonyl (C=O) groups excluding carboxylic acids is 1. The largest absolute Gasteiger partial charge is 0.573 e. The Kier molecular flexibility index (Phi) is 8.16. The highest BCUT2D eigenvalue weighted by molar-refractivity contribution is 8.15. The van der Waals surface area contributed by atoms with E-state index in [0.717, 1.165) is 28.9 Å². The van der Waals surface area contributed by atoms with Gasteiger partial charge in [0.1, 0.15) is 17.9 Å². The second-order valence-corrected chi connectivity index (χ2v) is 8.67. The molecule has 0 radical (unpaired) electrons. The van der Waals surface area contributed by atoms with Crippen LogP contribution in [0.5, 0.6) is 5.75 Å². The van der Waals surface area contributed by atoms with Crippen molar-refractivity contribution in [3.8, 4) is 5.75 Å². The molecule has 0 atom stereocenters. The van der Waals surface area contributed by atoms with Gasteiger partial charge in [0.2, 0.25) is 5.91 Å².